The van der Waals surface area contributed by atoms with E-state index in [4.69, 9.17) is 4.74 Å². The molecule has 0 unspecified atom stereocenters. The van der Waals surface area contributed by atoms with Gasteiger partial charge < -0.3 is 4.74 Å². The molecule has 0 aliphatic heterocycles. The molecular formula is C20H22FNO5S. The molecule has 0 amide bonds. The summed E-state index contributed by atoms with van der Waals surface area (Å²) in [6.07, 6.45) is 0. The number of benzene rings is 2. The standard InChI is InChI=1S/C20H22FNO5S/c1-13-5-10-16(28(25,26)22-15-8-6-14(21)7-9-15)11-17(13)19(24)27-12-18(23)20(2,3)4/h5-11,22H,12H2,1-4H3. The summed E-state index contributed by atoms with van der Waals surface area (Å²) in [7, 11) is -4.00. The molecule has 0 heterocycles. The van der Waals surface area contributed by atoms with E-state index in [9.17, 15) is 22.4 Å². The highest BCUT2D eigenvalue weighted by Gasteiger charge is 2.24. The number of ether oxygens (including phenoxy) is 1. The first-order chi connectivity index (χ1) is 12.9. The van der Waals surface area contributed by atoms with E-state index >= 15 is 0 Å². The molecule has 2 aromatic carbocycles. The zero-order valence-corrected chi connectivity index (χ0v) is 16.9. The number of anilines is 1. The van der Waals surface area contributed by atoms with Crippen molar-refractivity contribution in [3.8, 4) is 0 Å². The highest BCUT2D eigenvalue weighted by Crippen LogP contribution is 2.21. The molecular weight excluding hydrogens is 385 g/mol. The molecule has 0 atom stereocenters. The Bertz CT molecular complexity index is 992. The topological polar surface area (TPSA) is 89.5 Å². The van der Waals surface area contributed by atoms with E-state index in [0.717, 1.165) is 12.1 Å². The Morgan fingerprint density at radius 3 is 2.25 bits per heavy atom. The van der Waals surface area contributed by atoms with Crippen molar-refractivity contribution < 1.29 is 27.1 Å². The third-order valence-corrected chi connectivity index (χ3v) is 5.39. The van der Waals surface area contributed by atoms with Gasteiger partial charge in [0.1, 0.15) is 5.82 Å². The van der Waals surface area contributed by atoms with E-state index in [1.54, 1.807) is 27.7 Å². The van der Waals surface area contributed by atoms with Crippen LogP contribution in [0.4, 0.5) is 10.1 Å². The zero-order valence-electron chi connectivity index (χ0n) is 16.1. The van der Waals surface area contributed by atoms with Gasteiger partial charge in [-0.25, -0.2) is 17.6 Å². The molecule has 0 radical (unpaired) electrons. The third-order valence-electron chi connectivity index (χ3n) is 4.01. The van der Waals surface area contributed by atoms with Crippen LogP contribution in [0.15, 0.2) is 47.4 Å². The first-order valence-corrected chi connectivity index (χ1v) is 9.98. The molecule has 0 aliphatic rings. The summed E-state index contributed by atoms with van der Waals surface area (Å²) >= 11 is 0. The maximum Gasteiger partial charge on any atom is 0.338 e. The van der Waals surface area contributed by atoms with Crippen LogP contribution in [0.1, 0.15) is 36.7 Å². The minimum Gasteiger partial charge on any atom is -0.454 e. The van der Waals surface area contributed by atoms with Crippen molar-refractivity contribution in [1.29, 1.82) is 0 Å². The maximum absolute atomic E-state index is 13.0. The van der Waals surface area contributed by atoms with E-state index in [1.807, 2.05) is 0 Å². The van der Waals surface area contributed by atoms with Gasteiger partial charge in [-0.2, -0.15) is 0 Å². The van der Waals surface area contributed by atoms with Crippen LogP contribution < -0.4 is 4.72 Å². The molecule has 0 bridgehead atoms. The van der Waals surface area contributed by atoms with E-state index in [-0.39, 0.29) is 21.9 Å². The molecule has 8 heteroatoms. The normalized spacial score (nSPS) is 11.8. The highest BCUT2D eigenvalue weighted by molar-refractivity contribution is 7.92. The van der Waals surface area contributed by atoms with Crippen molar-refractivity contribution in [3.05, 3.63) is 59.4 Å². The number of ketones is 1. The van der Waals surface area contributed by atoms with E-state index in [1.165, 1.54) is 30.3 Å². The highest BCUT2D eigenvalue weighted by atomic mass is 32.2. The number of nitrogens with one attached hydrogen (secondary N) is 1. The summed E-state index contributed by atoms with van der Waals surface area (Å²) < 4.78 is 45.5. The molecule has 2 aromatic rings. The van der Waals surface area contributed by atoms with Gasteiger partial charge in [-0.05, 0) is 48.9 Å². The number of carbonyl (C=O) groups excluding carboxylic acids is 2. The lowest BCUT2D eigenvalue weighted by atomic mass is 9.91. The fraction of sp³-hybridized carbons (Fsp3) is 0.300. The molecule has 1 N–H and O–H groups in total. The predicted octanol–water partition coefficient (Wildman–Crippen LogP) is 3.71. The van der Waals surface area contributed by atoms with Crippen molar-refractivity contribution in [1.82, 2.24) is 0 Å². The van der Waals surface area contributed by atoms with Crippen molar-refractivity contribution in [2.75, 3.05) is 11.3 Å². The quantitative estimate of drug-likeness (QED) is 0.738. The average Bonchev–Trinajstić information content (AvgIpc) is 2.60. The van der Waals surface area contributed by atoms with E-state index in [2.05, 4.69) is 4.72 Å². The number of hydrogen-bond acceptors (Lipinski definition) is 5. The van der Waals surface area contributed by atoms with Crippen LogP contribution in [0.2, 0.25) is 0 Å². The van der Waals surface area contributed by atoms with Crippen LogP contribution in [0.25, 0.3) is 0 Å². The summed E-state index contributed by atoms with van der Waals surface area (Å²) in [4.78, 5) is 24.1. The lowest BCUT2D eigenvalue weighted by Crippen LogP contribution is -2.26. The molecule has 0 aliphatic carbocycles. The number of aryl methyl sites for hydroxylation is 1. The van der Waals surface area contributed by atoms with E-state index < -0.39 is 33.8 Å². The minimum atomic E-state index is -4.00. The monoisotopic (exact) mass is 407 g/mol. The Morgan fingerprint density at radius 2 is 1.68 bits per heavy atom. The predicted molar refractivity (Wildman–Crippen MR) is 103 cm³/mol. The van der Waals surface area contributed by atoms with Crippen LogP contribution in [-0.2, 0) is 19.6 Å². The van der Waals surface area contributed by atoms with Crippen LogP contribution >= 0.6 is 0 Å². The smallest absolute Gasteiger partial charge is 0.338 e. The summed E-state index contributed by atoms with van der Waals surface area (Å²) in [5.74, 6) is -1.53. The second kappa shape index (κ2) is 8.10. The maximum atomic E-state index is 13.0. The number of Topliss-reactive ketones (excluding diaryl/α,β-unsaturated/α-hetero) is 1. The van der Waals surface area contributed by atoms with Crippen LogP contribution in [0.5, 0.6) is 0 Å². The first-order valence-electron chi connectivity index (χ1n) is 8.49. The van der Waals surface area contributed by atoms with Crippen LogP contribution in [0.3, 0.4) is 0 Å². The van der Waals surface area contributed by atoms with Gasteiger partial charge in [-0.1, -0.05) is 26.8 Å². The molecule has 6 nitrogen and oxygen atoms in total. The number of rotatable bonds is 6. The Balaban J connectivity index is 2.22. The fourth-order valence-corrected chi connectivity index (χ4v) is 3.23. The van der Waals surface area contributed by atoms with Crippen molar-refractivity contribution in [2.45, 2.75) is 32.6 Å². The van der Waals surface area contributed by atoms with Gasteiger partial charge in [0.25, 0.3) is 10.0 Å². The molecule has 28 heavy (non-hydrogen) atoms. The Morgan fingerprint density at radius 1 is 1.07 bits per heavy atom. The van der Waals surface area contributed by atoms with Gasteiger partial charge in [0.15, 0.2) is 12.4 Å². The van der Waals surface area contributed by atoms with Gasteiger partial charge in [0, 0.05) is 11.1 Å². The third kappa shape index (κ3) is 5.39. The SMILES string of the molecule is Cc1ccc(S(=O)(=O)Nc2ccc(F)cc2)cc1C(=O)OCC(=O)C(C)(C)C. The lowest BCUT2D eigenvalue weighted by Gasteiger charge is -2.16. The number of halogens is 1. The number of sulfonamides is 1. The van der Waals surface area contributed by atoms with Gasteiger partial charge >= 0.3 is 5.97 Å². The number of esters is 1. The largest absolute Gasteiger partial charge is 0.454 e. The molecule has 0 spiro atoms. The van der Waals surface area contributed by atoms with Gasteiger partial charge in [-0.15, -0.1) is 0 Å². The summed E-state index contributed by atoms with van der Waals surface area (Å²) in [6.45, 7) is 6.37. The first kappa shape index (κ1) is 21.6. The molecule has 2 rings (SSSR count). The van der Waals surface area contributed by atoms with Crippen molar-refractivity contribution >= 4 is 27.5 Å². The van der Waals surface area contributed by atoms with Crippen LogP contribution in [-0.4, -0.2) is 26.8 Å². The van der Waals surface area contributed by atoms with E-state index in [0.29, 0.717) is 5.56 Å². The van der Waals surface area contributed by atoms with Gasteiger partial charge in [0.2, 0.25) is 0 Å². The second-order valence-electron chi connectivity index (χ2n) is 7.34. The fourth-order valence-electron chi connectivity index (χ4n) is 2.15. The molecule has 0 saturated carbocycles. The Kier molecular flexibility index (Phi) is 6.23. The zero-order chi connectivity index (χ0) is 21.1. The summed E-state index contributed by atoms with van der Waals surface area (Å²) in [5, 5.41) is 0. The molecule has 0 fully saturated rings. The summed E-state index contributed by atoms with van der Waals surface area (Å²) in [5.41, 5.74) is 0.0825. The van der Waals surface area contributed by atoms with Gasteiger partial charge in [0.05, 0.1) is 10.5 Å². The average molecular weight is 407 g/mol. The Labute approximate surface area is 163 Å². The molecule has 0 saturated heterocycles. The number of hydrogen-bond donors (Lipinski definition) is 1. The second-order valence-corrected chi connectivity index (χ2v) is 9.02. The molecule has 0 aromatic heterocycles. The minimum absolute atomic E-state index is 0.0451. The Hall–Kier alpha value is -2.74. The molecule has 150 valence electrons. The van der Waals surface area contributed by atoms with Crippen molar-refractivity contribution in [2.24, 2.45) is 5.41 Å². The van der Waals surface area contributed by atoms with Crippen molar-refractivity contribution in [3.63, 3.8) is 0 Å². The number of carbonyl (C=O) groups is 2. The summed E-state index contributed by atoms with van der Waals surface area (Å²) in [6, 6.07) is 8.83. The lowest BCUT2D eigenvalue weighted by molar-refractivity contribution is -0.129. The van der Waals surface area contributed by atoms with Crippen LogP contribution in [0, 0.1) is 18.2 Å². The van der Waals surface area contributed by atoms with Gasteiger partial charge in [-0.3, -0.25) is 9.52 Å².